The zero-order valence-electron chi connectivity index (χ0n) is 15.7. The third-order valence-corrected chi connectivity index (χ3v) is 5.07. The minimum absolute atomic E-state index is 0.00986. The molecule has 1 rings (SSSR count). The molecule has 0 saturated carbocycles. The predicted octanol–water partition coefficient (Wildman–Crippen LogP) is 3.70. The maximum atomic E-state index is 11.3. The first-order valence-electron chi connectivity index (χ1n) is 9.84. The van der Waals surface area contributed by atoms with Crippen LogP contribution in [-0.4, -0.2) is 58.6 Å². The van der Waals surface area contributed by atoms with Gasteiger partial charge in [-0.25, -0.2) is 9.79 Å². The Hall–Kier alpha value is -1.43. The van der Waals surface area contributed by atoms with E-state index in [4.69, 9.17) is 5.11 Å². The van der Waals surface area contributed by atoms with Crippen molar-refractivity contribution in [1.29, 1.82) is 0 Å². The molecule has 0 radical (unpaired) electrons. The smallest absolute Gasteiger partial charge is 0.359 e. The molecule has 6 heteroatoms. The van der Waals surface area contributed by atoms with Gasteiger partial charge >= 0.3 is 11.9 Å². The molecule has 1 aliphatic heterocycles. The van der Waals surface area contributed by atoms with Crippen LogP contribution in [0.15, 0.2) is 4.99 Å². The van der Waals surface area contributed by atoms with Gasteiger partial charge in [0, 0.05) is 6.42 Å². The highest BCUT2D eigenvalue weighted by Gasteiger charge is 2.39. The van der Waals surface area contributed by atoms with E-state index in [1.807, 2.05) is 0 Å². The Kier molecular flexibility index (Phi) is 10.4. The molecule has 0 amide bonds. The number of quaternary nitrogens is 1. The SMILES string of the molecule is CCCCCCCCCCCC1=NCC[N+]1(CCC(=O)O)CC(=O)O. The molecule has 6 nitrogen and oxygen atoms in total. The van der Waals surface area contributed by atoms with Gasteiger partial charge in [-0.15, -0.1) is 0 Å². The molecule has 0 aliphatic carbocycles. The largest absolute Gasteiger partial charge is 0.481 e. The monoisotopic (exact) mass is 355 g/mol. The topological polar surface area (TPSA) is 87.0 Å². The molecule has 1 atom stereocenters. The average Bonchev–Trinajstić information content (AvgIpc) is 2.93. The summed E-state index contributed by atoms with van der Waals surface area (Å²) in [7, 11) is 0. The Morgan fingerprint density at radius 2 is 1.56 bits per heavy atom. The van der Waals surface area contributed by atoms with Crippen LogP contribution in [0.2, 0.25) is 0 Å². The van der Waals surface area contributed by atoms with Crippen LogP contribution >= 0.6 is 0 Å². The molecule has 1 unspecified atom stereocenters. The fourth-order valence-electron chi connectivity index (χ4n) is 3.62. The van der Waals surface area contributed by atoms with Gasteiger partial charge in [0.2, 0.25) is 0 Å². The summed E-state index contributed by atoms with van der Waals surface area (Å²) in [5, 5.41) is 18.2. The third kappa shape index (κ3) is 8.47. The Labute approximate surface area is 151 Å². The lowest BCUT2D eigenvalue weighted by molar-refractivity contribution is -0.828. The summed E-state index contributed by atoms with van der Waals surface area (Å²) >= 11 is 0. The zero-order chi connectivity index (χ0) is 18.5. The second kappa shape index (κ2) is 12.0. The quantitative estimate of drug-likeness (QED) is 0.346. The summed E-state index contributed by atoms with van der Waals surface area (Å²) < 4.78 is 0.235. The first kappa shape index (κ1) is 21.6. The van der Waals surface area contributed by atoms with Crippen LogP contribution in [0.3, 0.4) is 0 Å². The number of aliphatic imine (C=N–C) groups is 1. The van der Waals surface area contributed by atoms with Gasteiger partial charge in [0.05, 0.1) is 19.5 Å². The van der Waals surface area contributed by atoms with Gasteiger partial charge in [0.25, 0.3) is 0 Å². The lowest BCUT2D eigenvalue weighted by Gasteiger charge is -2.32. The van der Waals surface area contributed by atoms with Crippen LogP contribution in [0.5, 0.6) is 0 Å². The number of amidine groups is 1. The van der Waals surface area contributed by atoms with Crippen molar-refractivity contribution in [2.24, 2.45) is 4.99 Å². The lowest BCUT2D eigenvalue weighted by Crippen LogP contribution is -2.54. The van der Waals surface area contributed by atoms with E-state index in [2.05, 4.69) is 11.9 Å². The highest BCUT2D eigenvalue weighted by atomic mass is 16.4. The number of carboxylic acid groups (broad SMARTS) is 2. The van der Waals surface area contributed by atoms with Gasteiger partial charge in [-0.05, 0) is 6.42 Å². The van der Waals surface area contributed by atoms with E-state index in [-0.39, 0.29) is 17.4 Å². The number of rotatable bonds is 15. The molecule has 2 N–H and O–H groups in total. The molecule has 0 saturated heterocycles. The maximum Gasteiger partial charge on any atom is 0.359 e. The summed E-state index contributed by atoms with van der Waals surface area (Å²) in [6, 6.07) is 0. The summed E-state index contributed by atoms with van der Waals surface area (Å²) in [6.45, 7) is 3.73. The van der Waals surface area contributed by atoms with Gasteiger partial charge in [-0.1, -0.05) is 58.3 Å². The van der Waals surface area contributed by atoms with Crippen molar-refractivity contribution < 1.29 is 24.3 Å². The van der Waals surface area contributed by atoms with E-state index >= 15 is 0 Å². The molecule has 0 aromatic rings. The number of nitrogens with zero attached hydrogens (tertiary/aromatic N) is 2. The summed E-state index contributed by atoms with van der Waals surface area (Å²) in [5.74, 6) is -0.865. The second-order valence-corrected chi connectivity index (χ2v) is 7.16. The van der Waals surface area contributed by atoms with Gasteiger partial charge in [-0.2, -0.15) is 0 Å². The summed E-state index contributed by atoms with van der Waals surface area (Å²) in [4.78, 5) is 26.7. The van der Waals surface area contributed by atoms with Crippen molar-refractivity contribution >= 4 is 17.8 Å². The predicted molar refractivity (Wildman–Crippen MR) is 98.9 cm³/mol. The van der Waals surface area contributed by atoms with Crippen molar-refractivity contribution in [3.63, 3.8) is 0 Å². The lowest BCUT2D eigenvalue weighted by atomic mass is 10.1. The Morgan fingerprint density at radius 1 is 0.960 bits per heavy atom. The Balaban J connectivity index is 2.34. The van der Waals surface area contributed by atoms with E-state index in [9.17, 15) is 14.7 Å². The van der Waals surface area contributed by atoms with Crippen LogP contribution < -0.4 is 0 Å². The van der Waals surface area contributed by atoms with Crippen molar-refractivity contribution in [2.75, 3.05) is 26.2 Å². The molecule has 0 bridgehead atoms. The fraction of sp³-hybridized carbons (Fsp3) is 0.842. The minimum atomic E-state index is -0.882. The Morgan fingerprint density at radius 3 is 2.12 bits per heavy atom. The second-order valence-electron chi connectivity index (χ2n) is 7.16. The van der Waals surface area contributed by atoms with Gasteiger partial charge in [-0.3, -0.25) is 9.28 Å². The highest BCUT2D eigenvalue weighted by Crippen LogP contribution is 2.21. The number of aliphatic carboxylic acids is 2. The van der Waals surface area contributed by atoms with Crippen molar-refractivity contribution in [3.05, 3.63) is 0 Å². The van der Waals surface area contributed by atoms with Crippen LogP contribution in [0.4, 0.5) is 0 Å². The molecule has 144 valence electrons. The number of hydrogen-bond acceptors (Lipinski definition) is 3. The fourth-order valence-corrected chi connectivity index (χ4v) is 3.62. The molecule has 25 heavy (non-hydrogen) atoms. The van der Waals surface area contributed by atoms with Crippen molar-refractivity contribution in [3.8, 4) is 0 Å². The number of unbranched alkanes of at least 4 members (excludes halogenated alkanes) is 8. The first-order chi connectivity index (χ1) is 12.0. The van der Waals surface area contributed by atoms with E-state index in [1.165, 1.54) is 44.9 Å². The van der Waals surface area contributed by atoms with E-state index < -0.39 is 11.9 Å². The molecule has 0 aromatic heterocycles. The van der Waals surface area contributed by atoms with Crippen molar-refractivity contribution in [2.45, 2.75) is 77.6 Å². The molecule has 1 aliphatic rings. The van der Waals surface area contributed by atoms with Crippen molar-refractivity contribution in [1.82, 2.24) is 0 Å². The average molecular weight is 355 g/mol. The standard InChI is InChI=1S/C19H34N2O4/c1-2-3-4-5-6-7-8-9-10-11-17-20-13-15-21(17,16-19(24)25)14-12-18(22)23/h2-16H2,1H3,(H-,22,23,24,25)/p+1. The van der Waals surface area contributed by atoms with Crippen LogP contribution in [0.25, 0.3) is 0 Å². The number of hydrogen-bond donors (Lipinski definition) is 2. The number of carboxylic acids is 2. The normalized spacial score (nSPS) is 19.8. The molecular weight excluding hydrogens is 320 g/mol. The zero-order valence-corrected chi connectivity index (χ0v) is 15.7. The van der Waals surface area contributed by atoms with E-state index in [1.54, 1.807) is 0 Å². The molecule has 1 heterocycles. The first-order valence-corrected chi connectivity index (χ1v) is 9.84. The number of carbonyl (C=O) groups is 2. The van der Waals surface area contributed by atoms with Gasteiger partial charge < -0.3 is 10.2 Å². The third-order valence-electron chi connectivity index (χ3n) is 5.07. The minimum Gasteiger partial charge on any atom is -0.481 e. The van der Waals surface area contributed by atoms with Crippen LogP contribution in [0.1, 0.15) is 77.6 Å². The molecule has 0 spiro atoms. The maximum absolute atomic E-state index is 11.3. The molecule has 0 aromatic carbocycles. The Bertz CT molecular complexity index is 451. The molecular formula is C19H35N2O4+. The van der Waals surface area contributed by atoms with Crippen LogP contribution in [0, 0.1) is 0 Å². The van der Waals surface area contributed by atoms with Gasteiger partial charge in [0.1, 0.15) is 6.54 Å². The summed E-state index contributed by atoms with van der Waals surface area (Å²) in [5.41, 5.74) is 0. The highest BCUT2D eigenvalue weighted by molar-refractivity contribution is 5.80. The van der Waals surface area contributed by atoms with Gasteiger partial charge in [0.15, 0.2) is 12.4 Å². The molecule has 0 fully saturated rings. The van der Waals surface area contributed by atoms with E-state index in [0.29, 0.717) is 19.6 Å². The summed E-state index contributed by atoms with van der Waals surface area (Å²) in [6.07, 6.45) is 12.0. The van der Waals surface area contributed by atoms with Crippen LogP contribution in [-0.2, 0) is 9.59 Å². The van der Waals surface area contributed by atoms with E-state index in [0.717, 1.165) is 25.1 Å².